The number of nitrogens with zero attached hydrogens (tertiary/aromatic N) is 2. The third-order valence-corrected chi connectivity index (χ3v) is 4.32. The normalized spacial score (nSPS) is 12.0. The van der Waals surface area contributed by atoms with Crippen LogP contribution in [0.25, 0.3) is 10.9 Å². The minimum atomic E-state index is -0.471. The lowest BCUT2D eigenvalue weighted by Gasteiger charge is -2.15. The average molecular weight is 374 g/mol. The number of carbonyl (C=O) groups excluding carboxylic acids is 1. The van der Waals surface area contributed by atoms with E-state index in [1.54, 1.807) is 11.8 Å². The number of hydrogen-bond acceptors (Lipinski definition) is 4. The molecule has 26 heavy (non-hydrogen) atoms. The van der Waals surface area contributed by atoms with Gasteiger partial charge in [-0.2, -0.15) is 5.10 Å². The summed E-state index contributed by atoms with van der Waals surface area (Å²) < 4.78 is 12.3. The molecule has 1 N–H and O–H groups in total. The average Bonchev–Trinajstić information content (AvgIpc) is 3.01. The van der Waals surface area contributed by atoms with Crippen molar-refractivity contribution in [1.29, 1.82) is 0 Å². The van der Waals surface area contributed by atoms with Gasteiger partial charge in [-0.1, -0.05) is 41.9 Å². The number of aromatic nitrogens is 2. The summed E-state index contributed by atoms with van der Waals surface area (Å²) in [7, 11) is 1.61. The number of hydrogen-bond donors (Lipinski definition) is 1. The van der Waals surface area contributed by atoms with Gasteiger partial charge < -0.3 is 14.8 Å². The van der Waals surface area contributed by atoms with Gasteiger partial charge in [-0.25, -0.2) is 4.79 Å². The number of amides is 1. The van der Waals surface area contributed by atoms with Gasteiger partial charge in [-0.3, -0.25) is 4.68 Å². The molecule has 6 nitrogen and oxygen atoms in total. The first kappa shape index (κ1) is 18.1. The van der Waals surface area contributed by atoms with Gasteiger partial charge in [0.15, 0.2) is 5.15 Å². The minimum Gasteiger partial charge on any atom is -0.497 e. The Kier molecular flexibility index (Phi) is 5.63. The molecule has 0 radical (unpaired) electrons. The standard InChI is InChI=1S/C19H20ClN3O3/c1-13(11-21-19(24)26-12-14-6-4-3-5-7-14)23-17-10-15(25-2)8-9-16(17)18(20)22-23/h3-10,13H,11-12H2,1-2H3,(H,21,24). The fourth-order valence-electron chi connectivity index (χ4n) is 2.63. The molecular formula is C19H20ClN3O3. The van der Waals surface area contributed by atoms with Crippen molar-refractivity contribution in [1.82, 2.24) is 15.1 Å². The van der Waals surface area contributed by atoms with Gasteiger partial charge in [0.1, 0.15) is 12.4 Å². The van der Waals surface area contributed by atoms with Gasteiger partial charge in [0, 0.05) is 18.0 Å². The van der Waals surface area contributed by atoms with Crippen LogP contribution < -0.4 is 10.1 Å². The number of rotatable bonds is 6. The SMILES string of the molecule is COc1ccc2c(Cl)nn(C(C)CNC(=O)OCc3ccccc3)c2c1. The van der Waals surface area contributed by atoms with E-state index in [0.29, 0.717) is 11.7 Å². The van der Waals surface area contributed by atoms with Crippen LogP contribution in [0, 0.1) is 0 Å². The molecule has 0 spiro atoms. The summed E-state index contributed by atoms with van der Waals surface area (Å²) >= 11 is 6.21. The van der Waals surface area contributed by atoms with E-state index in [-0.39, 0.29) is 12.6 Å². The fraction of sp³-hybridized carbons (Fsp3) is 0.263. The predicted molar refractivity (Wildman–Crippen MR) is 101 cm³/mol. The maximum atomic E-state index is 11.9. The topological polar surface area (TPSA) is 65.4 Å². The number of alkyl carbamates (subject to hydrolysis) is 1. The Hall–Kier alpha value is -2.73. The summed E-state index contributed by atoms with van der Waals surface area (Å²) in [5.41, 5.74) is 1.79. The van der Waals surface area contributed by atoms with Crippen molar-refractivity contribution in [2.24, 2.45) is 0 Å². The van der Waals surface area contributed by atoms with Crippen LogP contribution in [0.2, 0.25) is 5.15 Å². The Morgan fingerprint density at radius 1 is 1.27 bits per heavy atom. The van der Waals surface area contributed by atoms with E-state index in [1.165, 1.54) is 0 Å². The van der Waals surface area contributed by atoms with Crippen molar-refractivity contribution in [3.63, 3.8) is 0 Å². The Balaban J connectivity index is 1.62. The molecule has 0 bridgehead atoms. The van der Waals surface area contributed by atoms with Crippen LogP contribution in [0.5, 0.6) is 5.75 Å². The lowest BCUT2D eigenvalue weighted by atomic mass is 10.2. The maximum absolute atomic E-state index is 11.9. The van der Waals surface area contributed by atoms with Crippen LogP contribution in [-0.4, -0.2) is 29.5 Å². The van der Waals surface area contributed by atoms with Crippen molar-refractivity contribution in [2.45, 2.75) is 19.6 Å². The second-order valence-corrected chi connectivity index (χ2v) is 6.27. The molecule has 2 aromatic carbocycles. The molecule has 0 aliphatic heterocycles. The van der Waals surface area contributed by atoms with E-state index >= 15 is 0 Å². The number of nitrogens with one attached hydrogen (secondary N) is 1. The molecule has 0 aliphatic rings. The molecule has 1 aromatic heterocycles. The highest BCUT2D eigenvalue weighted by atomic mass is 35.5. The summed E-state index contributed by atoms with van der Waals surface area (Å²) in [5.74, 6) is 0.720. The first-order valence-electron chi connectivity index (χ1n) is 8.25. The van der Waals surface area contributed by atoms with E-state index in [9.17, 15) is 4.79 Å². The van der Waals surface area contributed by atoms with Gasteiger partial charge >= 0.3 is 6.09 Å². The quantitative estimate of drug-likeness (QED) is 0.703. The number of ether oxygens (including phenoxy) is 2. The Morgan fingerprint density at radius 2 is 2.04 bits per heavy atom. The zero-order chi connectivity index (χ0) is 18.5. The molecule has 0 saturated carbocycles. The molecule has 136 valence electrons. The van der Waals surface area contributed by atoms with Gasteiger partial charge in [-0.15, -0.1) is 0 Å². The lowest BCUT2D eigenvalue weighted by Crippen LogP contribution is -2.30. The number of carbonyl (C=O) groups is 1. The van der Waals surface area contributed by atoms with Gasteiger partial charge in [-0.05, 0) is 24.6 Å². The fourth-order valence-corrected chi connectivity index (χ4v) is 2.87. The van der Waals surface area contributed by atoms with Crippen LogP contribution in [0.3, 0.4) is 0 Å². The third kappa shape index (κ3) is 4.08. The van der Waals surface area contributed by atoms with Crippen molar-refractivity contribution in [3.8, 4) is 5.75 Å². The van der Waals surface area contributed by atoms with E-state index in [0.717, 1.165) is 22.2 Å². The van der Waals surface area contributed by atoms with Crippen molar-refractivity contribution >= 4 is 28.6 Å². The monoisotopic (exact) mass is 373 g/mol. The highest BCUT2D eigenvalue weighted by molar-refractivity contribution is 6.34. The molecule has 3 aromatic rings. The Morgan fingerprint density at radius 3 is 2.77 bits per heavy atom. The highest BCUT2D eigenvalue weighted by Gasteiger charge is 2.15. The predicted octanol–water partition coefficient (Wildman–Crippen LogP) is 4.19. The second-order valence-electron chi connectivity index (χ2n) is 5.91. The summed E-state index contributed by atoms with van der Waals surface area (Å²) in [6.45, 7) is 2.53. The van der Waals surface area contributed by atoms with Crippen LogP contribution in [-0.2, 0) is 11.3 Å². The molecule has 1 heterocycles. The van der Waals surface area contributed by atoms with E-state index < -0.39 is 6.09 Å². The summed E-state index contributed by atoms with van der Waals surface area (Å²) in [5, 5.41) is 8.39. The largest absolute Gasteiger partial charge is 0.497 e. The first-order valence-corrected chi connectivity index (χ1v) is 8.62. The molecule has 0 aliphatic carbocycles. The molecular weight excluding hydrogens is 354 g/mol. The smallest absolute Gasteiger partial charge is 0.407 e. The van der Waals surface area contributed by atoms with E-state index in [4.69, 9.17) is 21.1 Å². The van der Waals surface area contributed by atoms with Crippen LogP contribution in [0.1, 0.15) is 18.5 Å². The molecule has 0 fully saturated rings. The molecule has 1 amide bonds. The molecule has 1 unspecified atom stereocenters. The van der Waals surface area contributed by atoms with Crippen molar-refractivity contribution in [3.05, 3.63) is 59.2 Å². The second kappa shape index (κ2) is 8.10. The Labute approximate surface area is 156 Å². The van der Waals surface area contributed by atoms with E-state index in [2.05, 4.69) is 10.4 Å². The molecule has 3 rings (SSSR count). The number of methoxy groups -OCH3 is 1. The minimum absolute atomic E-state index is 0.110. The van der Waals surface area contributed by atoms with E-state index in [1.807, 2.05) is 55.5 Å². The van der Waals surface area contributed by atoms with Crippen molar-refractivity contribution in [2.75, 3.05) is 13.7 Å². The molecule has 1 atom stereocenters. The van der Waals surface area contributed by atoms with Gasteiger partial charge in [0.25, 0.3) is 0 Å². The van der Waals surface area contributed by atoms with Crippen molar-refractivity contribution < 1.29 is 14.3 Å². The summed E-state index contributed by atoms with van der Waals surface area (Å²) in [6.07, 6.45) is -0.471. The van der Waals surface area contributed by atoms with Gasteiger partial charge in [0.2, 0.25) is 0 Å². The molecule has 7 heteroatoms. The highest BCUT2D eigenvalue weighted by Crippen LogP contribution is 2.28. The molecule has 0 saturated heterocycles. The lowest BCUT2D eigenvalue weighted by molar-refractivity contribution is 0.138. The summed E-state index contributed by atoms with van der Waals surface area (Å²) in [4.78, 5) is 11.9. The summed E-state index contributed by atoms with van der Waals surface area (Å²) in [6, 6.07) is 15.0. The first-order chi connectivity index (χ1) is 12.6. The van der Waals surface area contributed by atoms with Crippen LogP contribution >= 0.6 is 11.6 Å². The number of halogens is 1. The third-order valence-electron chi connectivity index (χ3n) is 4.04. The van der Waals surface area contributed by atoms with Gasteiger partial charge in [0.05, 0.1) is 18.7 Å². The number of fused-ring (bicyclic) bond motifs is 1. The zero-order valence-corrected chi connectivity index (χ0v) is 15.4. The number of benzene rings is 2. The Bertz CT molecular complexity index is 896. The van der Waals surface area contributed by atoms with Crippen LogP contribution in [0.4, 0.5) is 4.79 Å². The van der Waals surface area contributed by atoms with Crippen LogP contribution in [0.15, 0.2) is 48.5 Å². The zero-order valence-electron chi connectivity index (χ0n) is 14.6. The maximum Gasteiger partial charge on any atom is 0.407 e.